The van der Waals surface area contributed by atoms with Gasteiger partial charge in [0.2, 0.25) is 0 Å². The normalized spacial score (nSPS) is 12.4. The van der Waals surface area contributed by atoms with E-state index >= 15 is 0 Å². The minimum absolute atomic E-state index is 0.123. The zero-order chi connectivity index (χ0) is 20.1. The summed E-state index contributed by atoms with van der Waals surface area (Å²) in [6.45, 7) is 5.21. The van der Waals surface area contributed by atoms with Gasteiger partial charge in [-0.15, -0.1) is 0 Å². The smallest absolute Gasteiger partial charge is 0.263 e. The van der Waals surface area contributed by atoms with Crippen LogP contribution in [-0.2, 0) is 21.2 Å². The molecule has 148 valence electrons. The monoisotopic (exact) mass is 418 g/mol. The number of aryl methyl sites for hydroxylation is 1. The van der Waals surface area contributed by atoms with E-state index in [9.17, 15) is 13.2 Å². The van der Waals surface area contributed by atoms with Crippen molar-refractivity contribution < 1.29 is 17.9 Å². The number of thiazole rings is 1. The van der Waals surface area contributed by atoms with Gasteiger partial charge in [-0.25, -0.2) is 8.42 Å². The van der Waals surface area contributed by atoms with Gasteiger partial charge in [-0.3, -0.25) is 4.79 Å². The number of benzene rings is 2. The van der Waals surface area contributed by atoms with E-state index in [4.69, 9.17) is 4.74 Å². The van der Waals surface area contributed by atoms with Crippen LogP contribution in [0.15, 0.2) is 58.4 Å². The topological polar surface area (TPSA) is 77.7 Å². The molecule has 1 heterocycles. The van der Waals surface area contributed by atoms with Gasteiger partial charge in [-0.2, -0.15) is 4.99 Å². The Labute approximate surface area is 168 Å². The number of aromatic nitrogens is 1. The minimum atomic E-state index is -3.72. The molecule has 3 aromatic rings. The molecule has 0 saturated carbocycles. The van der Waals surface area contributed by atoms with Crippen molar-refractivity contribution in [3.05, 3.63) is 53.3 Å². The zero-order valence-corrected chi connectivity index (χ0v) is 17.4. The van der Waals surface area contributed by atoms with Gasteiger partial charge < -0.3 is 9.30 Å². The fraction of sp³-hybridized carbons (Fsp3) is 0.300. The number of hydrogen-bond donors (Lipinski definition) is 0. The molecule has 0 aliphatic rings. The van der Waals surface area contributed by atoms with Crippen molar-refractivity contribution in [2.45, 2.75) is 31.7 Å². The predicted octanol–water partition coefficient (Wildman–Crippen LogP) is 3.41. The van der Waals surface area contributed by atoms with Crippen LogP contribution in [0.5, 0.6) is 5.75 Å². The largest absolute Gasteiger partial charge is 0.494 e. The molecule has 2 aromatic carbocycles. The number of hydrogen-bond acceptors (Lipinski definition) is 5. The van der Waals surface area contributed by atoms with E-state index in [0.717, 1.165) is 22.4 Å². The van der Waals surface area contributed by atoms with E-state index in [2.05, 4.69) is 4.99 Å². The van der Waals surface area contributed by atoms with Crippen LogP contribution < -0.4 is 9.54 Å². The molecule has 0 bridgehead atoms. The number of ether oxygens (including phenoxy) is 1. The molecule has 0 unspecified atom stereocenters. The number of sulfone groups is 1. The Bertz CT molecular complexity index is 1150. The maximum atomic E-state index is 12.4. The molecular formula is C20H22N2O4S2. The van der Waals surface area contributed by atoms with Gasteiger partial charge >= 0.3 is 0 Å². The second kappa shape index (κ2) is 8.70. The molecule has 0 saturated heterocycles. The lowest BCUT2D eigenvalue weighted by Crippen LogP contribution is -2.21. The lowest BCUT2D eigenvalue weighted by Gasteiger charge is -2.05. The predicted molar refractivity (Wildman–Crippen MR) is 110 cm³/mol. The second-order valence-electron chi connectivity index (χ2n) is 6.18. The van der Waals surface area contributed by atoms with E-state index in [-0.39, 0.29) is 4.90 Å². The third kappa shape index (κ3) is 4.51. The van der Waals surface area contributed by atoms with E-state index in [1.54, 1.807) is 18.2 Å². The van der Waals surface area contributed by atoms with Crippen LogP contribution >= 0.6 is 11.3 Å². The van der Waals surface area contributed by atoms with Crippen LogP contribution in [0.25, 0.3) is 10.2 Å². The van der Waals surface area contributed by atoms with Gasteiger partial charge in [0.1, 0.15) is 11.5 Å². The van der Waals surface area contributed by atoms with Crippen LogP contribution in [0, 0.1) is 0 Å². The highest BCUT2D eigenvalue weighted by molar-refractivity contribution is 7.92. The lowest BCUT2D eigenvalue weighted by atomic mass is 10.3. The molecule has 0 spiro atoms. The zero-order valence-electron chi connectivity index (χ0n) is 15.8. The maximum Gasteiger partial charge on any atom is 0.263 e. The van der Waals surface area contributed by atoms with Gasteiger partial charge in [0.15, 0.2) is 14.6 Å². The summed E-state index contributed by atoms with van der Waals surface area (Å²) in [5.41, 5.74) is 0.952. The van der Waals surface area contributed by atoms with Crippen molar-refractivity contribution in [2.24, 2.45) is 4.99 Å². The van der Waals surface area contributed by atoms with Crippen molar-refractivity contribution in [3.63, 3.8) is 0 Å². The SMILES string of the molecule is CCCn1c(=NC(=O)CS(=O)(=O)c2ccccc2)sc2cc(OCC)ccc21. The number of carbonyl (C=O) groups is 1. The first kappa shape index (κ1) is 20.3. The lowest BCUT2D eigenvalue weighted by molar-refractivity contribution is -0.115. The summed E-state index contributed by atoms with van der Waals surface area (Å²) < 4.78 is 33.3. The molecule has 0 aliphatic heterocycles. The molecule has 6 nitrogen and oxygen atoms in total. The molecule has 1 amide bonds. The van der Waals surface area contributed by atoms with Crippen LogP contribution in [-0.4, -0.2) is 31.3 Å². The highest BCUT2D eigenvalue weighted by atomic mass is 32.2. The molecule has 0 fully saturated rings. The Balaban J connectivity index is 1.98. The molecule has 0 radical (unpaired) electrons. The standard InChI is InChI=1S/C20H22N2O4S2/c1-3-12-22-17-11-10-15(26-4-2)13-18(17)27-20(22)21-19(23)14-28(24,25)16-8-6-5-7-9-16/h5-11,13H,3-4,12,14H2,1-2H3. The average molecular weight is 419 g/mol. The summed E-state index contributed by atoms with van der Waals surface area (Å²) in [6, 6.07) is 13.7. The summed E-state index contributed by atoms with van der Waals surface area (Å²) in [7, 11) is -3.72. The maximum absolute atomic E-state index is 12.4. The van der Waals surface area contributed by atoms with Crippen molar-refractivity contribution >= 4 is 37.3 Å². The van der Waals surface area contributed by atoms with Gasteiger partial charge in [0.05, 0.1) is 21.7 Å². The summed E-state index contributed by atoms with van der Waals surface area (Å²) in [5, 5.41) is 0. The van der Waals surface area contributed by atoms with Crippen molar-refractivity contribution in [1.82, 2.24) is 4.57 Å². The quantitative estimate of drug-likeness (QED) is 0.589. The molecular weight excluding hydrogens is 396 g/mol. The van der Waals surface area contributed by atoms with E-state index < -0.39 is 21.5 Å². The summed E-state index contributed by atoms with van der Waals surface area (Å²) in [6.07, 6.45) is 0.864. The number of fused-ring (bicyclic) bond motifs is 1. The van der Waals surface area contributed by atoms with E-state index in [1.165, 1.54) is 23.5 Å². The average Bonchev–Trinajstić information content (AvgIpc) is 2.99. The molecule has 8 heteroatoms. The number of carbonyl (C=O) groups excluding carboxylic acids is 1. The van der Waals surface area contributed by atoms with Crippen molar-refractivity contribution in [2.75, 3.05) is 12.4 Å². The minimum Gasteiger partial charge on any atom is -0.494 e. The number of nitrogens with zero attached hydrogens (tertiary/aromatic N) is 2. The fourth-order valence-corrected chi connectivity index (χ4v) is 5.08. The Morgan fingerprint density at radius 1 is 1.14 bits per heavy atom. The number of amides is 1. The Morgan fingerprint density at radius 3 is 2.57 bits per heavy atom. The van der Waals surface area contributed by atoms with E-state index in [1.807, 2.05) is 36.6 Å². The van der Waals surface area contributed by atoms with Crippen molar-refractivity contribution in [1.29, 1.82) is 0 Å². The number of rotatable bonds is 7. The molecule has 0 aliphatic carbocycles. The molecule has 3 rings (SSSR count). The van der Waals surface area contributed by atoms with Gasteiger partial charge in [-0.05, 0) is 43.7 Å². The van der Waals surface area contributed by atoms with Crippen LogP contribution in [0.4, 0.5) is 0 Å². The van der Waals surface area contributed by atoms with E-state index in [0.29, 0.717) is 18.0 Å². The van der Waals surface area contributed by atoms with Crippen LogP contribution in [0.2, 0.25) is 0 Å². The summed E-state index contributed by atoms with van der Waals surface area (Å²) in [5.74, 6) is -0.573. The Kier molecular flexibility index (Phi) is 6.31. The summed E-state index contributed by atoms with van der Waals surface area (Å²) in [4.78, 5) is 17.2. The van der Waals surface area contributed by atoms with Gasteiger partial charge in [0.25, 0.3) is 5.91 Å². The third-order valence-corrected chi connectivity index (χ3v) is 6.71. The Morgan fingerprint density at radius 2 is 1.89 bits per heavy atom. The fourth-order valence-electron chi connectivity index (χ4n) is 2.85. The van der Waals surface area contributed by atoms with Gasteiger partial charge in [-0.1, -0.05) is 36.5 Å². The van der Waals surface area contributed by atoms with Gasteiger partial charge in [0, 0.05) is 6.54 Å². The second-order valence-corrected chi connectivity index (χ2v) is 9.18. The first-order valence-electron chi connectivity index (χ1n) is 9.06. The third-order valence-electron chi connectivity index (χ3n) is 4.05. The molecule has 1 aromatic heterocycles. The first-order chi connectivity index (χ1) is 13.4. The molecule has 0 atom stereocenters. The van der Waals surface area contributed by atoms with Crippen molar-refractivity contribution in [3.8, 4) is 5.75 Å². The van der Waals surface area contributed by atoms with Crippen LogP contribution in [0.1, 0.15) is 20.3 Å². The molecule has 28 heavy (non-hydrogen) atoms. The first-order valence-corrected chi connectivity index (χ1v) is 11.5. The highest BCUT2D eigenvalue weighted by Crippen LogP contribution is 2.23. The highest BCUT2D eigenvalue weighted by Gasteiger charge is 2.19. The summed E-state index contributed by atoms with van der Waals surface area (Å²) >= 11 is 1.35. The Hall–Kier alpha value is -2.45. The van der Waals surface area contributed by atoms with Crippen LogP contribution in [0.3, 0.4) is 0 Å². The molecule has 0 N–H and O–H groups in total.